The number of nitrogens with one attached hydrogen (secondary N) is 1. The molecular weight excluding hydrogens is 350 g/mol. The number of nitro benzene ring substituents is 1. The van der Waals surface area contributed by atoms with Gasteiger partial charge in [-0.2, -0.15) is 5.10 Å². The zero-order valence-electron chi connectivity index (χ0n) is 11.4. The molecule has 2 aromatic carbocycles. The van der Waals surface area contributed by atoms with Crippen molar-refractivity contribution < 1.29 is 9.72 Å². The van der Waals surface area contributed by atoms with E-state index in [0.717, 1.165) is 10.0 Å². The van der Waals surface area contributed by atoms with Crippen molar-refractivity contribution in [1.29, 1.82) is 0 Å². The molecule has 0 radical (unpaired) electrons. The lowest BCUT2D eigenvalue weighted by molar-refractivity contribution is -0.384. The molecule has 0 spiro atoms. The summed E-state index contributed by atoms with van der Waals surface area (Å²) in [6.45, 7) is 0. The summed E-state index contributed by atoms with van der Waals surface area (Å²) in [6, 6.07) is 13.3. The number of carbonyl (C=O) groups is 1. The first-order valence-electron chi connectivity index (χ1n) is 6.35. The SMILES string of the molecule is O=C(Cc1ccc([N+](=O)[O-])cc1)NN=Cc1cccc(Br)c1. The number of nitro groups is 1. The van der Waals surface area contributed by atoms with E-state index in [1.165, 1.54) is 12.1 Å². The Balaban J connectivity index is 1.89. The average Bonchev–Trinajstić information content (AvgIpc) is 2.48. The van der Waals surface area contributed by atoms with E-state index in [0.29, 0.717) is 5.56 Å². The van der Waals surface area contributed by atoms with Crippen molar-refractivity contribution in [3.63, 3.8) is 0 Å². The van der Waals surface area contributed by atoms with E-state index in [1.54, 1.807) is 18.3 Å². The molecule has 0 aromatic heterocycles. The van der Waals surface area contributed by atoms with Gasteiger partial charge in [-0.05, 0) is 23.3 Å². The number of hydrogen-bond donors (Lipinski definition) is 1. The first-order chi connectivity index (χ1) is 10.5. The summed E-state index contributed by atoms with van der Waals surface area (Å²) < 4.78 is 0.925. The van der Waals surface area contributed by atoms with E-state index in [1.807, 2.05) is 24.3 Å². The second-order valence-electron chi connectivity index (χ2n) is 4.45. The van der Waals surface area contributed by atoms with E-state index in [2.05, 4.69) is 26.5 Å². The van der Waals surface area contributed by atoms with Crippen LogP contribution in [-0.4, -0.2) is 17.0 Å². The third-order valence-electron chi connectivity index (χ3n) is 2.76. The maximum Gasteiger partial charge on any atom is 0.269 e. The second kappa shape index (κ2) is 7.46. The van der Waals surface area contributed by atoms with Gasteiger partial charge in [-0.25, -0.2) is 5.43 Å². The standard InChI is InChI=1S/C15H12BrN3O3/c16-13-3-1-2-12(8-13)10-17-18-15(20)9-11-4-6-14(7-5-11)19(21)22/h1-8,10H,9H2,(H,18,20). The van der Waals surface area contributed by atoms with Gasteiger partial charge in [0.1, 0.15) is 0 Å². The normalized spacial score (nSPS) is 10.6. The van der Waals surface area contributed by atoms with Crippen LogP contribution in [0.3, 0.4) is 0 Å². The fourth-order valence-corrected chi connectivity index (χ4v) is 2.14. The third kappa shape index (κ3) is 4.78. The highest BCUT2D eigenvalue weighted by Gasteiger charge is 2.06. The van der Waals surface area contributed by atoms with Gasteiger partial charge in [0.25, 0.3) is 5.69 Å². The molecule has 0 fully saturated rings. The molecule has 7 heteroatoms. The number of amides is 1. The van der Waals surface area contributed by atoms with Crippen molar-refractivity contribution in [3.8, 4) is 0 Å². The summed E-state index contributed by atoms with van der Waals surface area (Å²) in [5.41, 5.74) is 3.95. The van der Waals surface area contributed by atoms with Gasteiger partial charge in [-0.1, -0.05) is 40.2 Å². The number of halogens is 1. The largest absolute Gasteiger partial charge is 0.273 e. The molecule has 6 nitrogen and oxygen atoms in total. The summed E-state index contributed by atoms with van der Waals surface area (Å²) in [4.78, 5) is 21.8. The molecule has 1 N–H and O–H groups in total. The Morgan fingerprint density at radius 2 is 2.00 bits per heavy atom. The molecule has 1 amide bonds. The van der Waals surface area contributed by atoms with E-state index in [-0.39, 0.29) is 18.0 Å². The van der Waals surface area contributed by atoms with Crippen LogP contribution in [0.4, 0.5) is 5.69 Å². The van der Waals surface area contributed by atoms with Gasteiger partial charge in [0.15, 0.2) is 0 Å². The fourth-order valence-electron chi connectivity index (χ4n) is 1.73. The van der Waals surface area contributed by atoms with Gasteiger partial charge in [-0.15, -0.1) is 0 Å². The Morgan fingerprint density at radius 3 is 2.64 bits per heavy atom. The summed E-state index contributed by atoms with van der Waals surface area (Å²) >= 11 is 3.35. The van der Waals surface area contributed by atoms with Crippen LogP contribution >= 0.6 is 15.9 Å². The Labute approximate surface area is 135 Å². The monoisotopic (exact) mass is 361 g/mol. The van der Waals surface area contributed by atoms with Crippen LogP contribution in [0.25, 0.3) is 0 Å². The number of rotatable bonds is 5. The van der Waals surface area contributed by atoms with Crippen LogP contribution in [0.5, 0.6) is 0 Å². The number of non-ortho nitro benzene ring substituents is 1. The van der Waals surface area contributed by atoms with Crippen LogP contribution in [0, 0.1) is 10.1 Å². The number of carbonyl (C=O) groups excluding carboxylic acids is 1. The van der Waals surface area contributed by atoms with Crippen LogP contribution in [0.15, 0.2) is 58.1 Å². The Hall–Kier alpha value is -2.54. The predicted molar refractivity (Wildman–Crippen MR) is 86.7 cm³/mol. The molecule has 2 aromatic rings. The maximum absolute atomic E-state index is 11.7. The highest BCUT2D eigenvalue weighted by molar-refractivity contribution is 9.10. The van der Waals surface area contributed by atoms with E-state index >= 15 is 0 Å². The molecular formula is C15H12BrN3O3. The van der Waals surface area contributed by atoms with Gasteiger partial charge in [0.2, 0.25) is 5.91 Å². The maximum atomic E-state index is 11.7. The number of hydrazone groups is 1. The molecule has 112 valence electrons. The van der Waals surface area contributed by atoms with Crippen molar-refractivity contribution in [2.45, 2.75) is 6.42 Å². The number of hydrogen-bond acceptors (Lipinski definition) is 4. The van der Waals surface area contributed by atoms with Gasteiger partial charge in [-0.3, -0.25) is 14.9 Å². The smallest absolute Gasteiger partial charge is 0.269 e. The molecule has 0 unspecified atom stereocenters. The summed E-state index contributed by atoms with van der Waals surface area (Å²) in [5.74, 6) is -0.292. The van der Waals surface area contributed by atoms with Gasteiger partial charge in [0.05, 0.1) is 17.6 Å². The minimum atomic E-state index is -0.480. The molecule has 0 bridgehead atoms. The second-order valence-corrected chi connectivity index (χ2v) is 5.36. The highest BCUT2D eigenvalue weighted by Crippen LogP contribution is 2.12. The minimum absolute atomic E-state index is 0.00293. The molecule has 0 atom stereocenters. The third-order valence-corrected chi connectivity index (χ3v) is 3.26. The quantitative estimate of drug-likeness (QED) is 0.504. The van der Waals surface area contributed by atoms with Crippen LogP contribution < -0.4 is 5.43 Å². The summed E-state index contributed by atoms with van der Waals surface area (Å²) in [7, 11) is 0. The first kappa shape index (κ1) is 15.8. The lowest BCUT2D eigenvalue weighted by atomic mass is 10.1. The Morgan fingerprint density at radius 1 is 1.27 bits per heavy atom. The fraction of sp³-hybridized carbons (Fsp3) is 0.0667. The zero-order chi connectivity index (χ0) is 15.9. The van der Waals surface area contributed by atoms with Gasteiger partial charge >= 0.3 is 0 Å². The van der Waals surface area contributed by atoms with Crippen molar-refractivity contribution in [2.75, 3.05) is 0 Å². The van der Waals surface area contributed by atoms with Crippen molar-refractivity contribution in [3.05, 3.63) is 74.2 Å². The van der Waals surface area contributed by atoms with E-state index in [4.69, 9.17) is 0 Å². The highest BCUT2D eigenvalue weighted by atomic mass is 79.9. The topological polar surface area (TPSA) is 84.6 Å². The average molecular weight is 362 g/mol. The van der Waals surface area contributed by atoms with Crippen LogP contribution in [-0.2, 0) is 11.2 Å². The van der Waals surface area contributed by atoms with E-state index < -0.39 is 4.92 Å². The summed E-state index contributed by atoms with van der Waals surface area (Å²) in [5, 5.41) is 14.4. The van der Waals surface area contributed by atoms with Crippen molar-refractivity contribution >= 4 is 33.7 Å². The summed E-state index contributed by atoms with van der Waals surface area (Å²) in [6.07, 6.45) is 1.65. The molecule has 22 heavy (non-hydrogen) atoms. The molecule has 0 saturated heterocycles. The molecule has 2 rings (SSSR count). The van der Waals surface area contributed by atoms with Crippen molar-refractivity contribution in [1.82, 2.24) is 5.43 Å². The van der Waals surface area contributed by atoms with Gasteiger partial charge < -0.3 is 0 Å². The Bertz CT molecular complexity index is 714. The lowest BCUT2D eigenvalue weighted by Crippen LogP contribution is -2.19. The molecule has 0 aliphatic rings. The van der Waals surface area contributed by atoms with Crippen LogP contribution in [0.1, 0.15) is 11.1 Å². The first-order valence-corrected chi connectivity index (χ1v) is 7.15. The molecule has 0 saturated carbocycles. The van der Waals surface area contributed by atoms with Crippen molar-refractivity contribution in [2.24, 2.45) is 5.10 Å². The molecule has 0 heterocycles. The zero-order valence-corrected chi connectivity index (χ0v) is 13.0. The molecule has 0 aliphatic heterocycles. The number of nitrogens with zero attached hydrogens (tertiary/aromatic N) is 2. The minimum Gasteiger partial charge on any atom is -0.273 e. The van der Waals surface area contributed by atoms with E-state index in [9.17, 15) is 14.9 Å². The molecule has 0 aliphatic carbocycles. The van der Waals surface area contributed by atoms with Crippen LogP contribution in [0.2, 0.25) is 0 Å². The van der Waals surface area contributed by atoms with Gasteiger partial charge in [0, 0.05) is 16.6 Å². The lowest BCUT2D eigenvalue weighted by Gasteiger charge is -2.00. The Kier molecular flexibility index (Phi) is 5.37. The number of benzene rings is 2. The predicted octanol–water partition coefficient (Wildman–Crippen LogP) is 3.05.